The average molecular weight is 316 g/mol. The van der Waals surface area contributed by atoms with Gasteiger partial charge in [0, 0.05) is 18.0 Å². The summed E-state index contributed by atoms with van der Waals surface area (Å²) >= 11 is 5.73. The number of carbonyl (C=O) groups excluding carboxylic acids is 1. The minimum atomic E-state index is -0.239. The van der Waals surface area contributed by atoms with E-state index >= 15 is 0 Å². The summed E-state index contributed by atoms with van der Waals surface area (Å²) in [6.07, 6.45) is 4.17. The number of halogens is 1. The van der Waals surface area contributed by atoms with Crippen LogP contribution in [-0.4, -0.2) is 16.1 Å². The Labute approximate surface area is 133 Å². The van der Waals surface area contributed by atoms with E-state index in [1.165, 1.54) is 23.4 Å². The number of amides is 1. The maximum atomic E-state index is 11.7. The van der Waals surface area contributed by atoms with Gasteiger partial charge in [-0.3, -0.25) is 9.69 Å². The fourth-order valence-electron chi connectivity index (χ4n) is 1.74. The molecule has 0 bridgehead atoms. The Kier molecular flexibility index (Phi) is 5.27. The molecule has 0 radical (unpaired) electrons. The second-order valence-corrected chi connectivity index (χ2v) is 4.65. The molecule has 1 heterocycles. The van der Waals surface area contributed by atoms with Gasteiger partial charge in [0.2, 0.25) is 0 Å². The van der Waals surface area contributed by atoms with Crippen LogP contribution in [0.4, 0.5) is 5.69 Å². The molecule has 112 valence electrons. The van der Waals surface area contributed by atoms with Gasteiger partial charge in [0.1, 0.15) is 12.4 Å². The van der Waals surface area contributed by atoms with Gasteiger partial charge < -0.3 is 4.74 Å². The smallest absolute Gasteiger partial charge is 0.254 e. The van der Waals surface area contributed by atoms with Crippen LogP contribution in [-0.2, 0) is 11.4 Å². The molecule has 0 atom stereocenters. The molecule has 0 aliphatic rings. The second-order valence-electron chi connectivity index (χ2n) is 4.26. The number of rotatable bonds is 6. The number of ether oxygens (including phenoxy) is 1. The molecule has 0 spiro atoms. The molecule has 0 aliphatic heterocycles. The first-order valence-electron chi connectivity index (χ1n) is 6.42. The fourth-order valence-corrected chi connectivity index (χ4v) is 1.89. The van der Waals surface area contributed by atoms with Crippen LogP contribution < -0.4 is 9.64 Å². The van der Waals surface area contributed by atoms with Gasteiger partial charge >= 0.3 is 0 Å². The van der Waals surface area contributed by atoms with Crippen LogP contribution in [0.25, 0.3) is 0 Å². The summed E-state index contributed by atoms with van der Waals surface area (Å²) in [5, 5.41) is 7.62. The molecule has 0 saturated carbocycles. The van der Waals surface area contributed by atoms with E-state index < -0.39 is 0 Å². The van der Waals surface area contributed by atoms with Crippen molar-refractivity contribution in [2.45, 2.75) is 6.61 Å². The third-order valence-electron chi connectivity index (χ3n) is 2.81. The van der Waals surface area contributed by atoms with Crippen LogP contribution in [0.2, 0.25) is 5.15 Å². The number of nitrogens with zero attached hydrogens (tertiary/aromatic N) is 3. The molecule has 0 N–H and O–H groups in total. The maximum Gasteiger partial charge on any atom is 0.254 e. The molecule has 6 heteroatoms. The van der Waals surface area contributed by atoms with Crippen molar-refractivity contribution in [1.29, 1.82) is 0 Å². The van der Waals surface area contributed by atoms with Crippen molar-refractivity contribution in [3.63, 3.8) is 0 Å². The van der Waals surface area contributed by atoms with Crippen LogP contribution in [0.5, 0.6) is 5.75 Å². The van der Waals surface area contributed by atoms with E-state index in [4.69, 9.17) is 16.3 Å². The van der Waals surface area contributed by atoms with Crippen LogP contribution >= 0.6 is 11.6 Å². The summed E-state index contributed by atoms with van der Waals surface area (Å²) in [5.74, 6) is 0.301. The molecular formula is C16H14ClN3O2. The minimum absolute atomic E-state index is 0.239. The quantitative estimate of drug-likeness (QED) is 0.767. The molecule has 0 aliphatic carbocycles. The van der Waals surface area contributed by atoms with Gasteiger partial charge in [-0.2, -0.15) is 5.10 Å². The van der Waals surface area contributed by atoms with E-state index in [-0.39, 0.29) is 11.1 Å². The third-order valence-corrected chi connectivity index (χ3v) is 3.00. The maximum absolute atomic E-state index is 11.7. The molecule has 5 nitrogen and oxygen atoms in total. The largest absolute Gasteiger partial charge is 0.487 e. The molecule has 22 heavy (non-hydrogen) atoms. The van der Waals surface area contributed by atoms with Gasteiger partial charge in [-0.25, -0.2) is 0 Å². The Hall–Kier alpha value is -2.66. The number of hydrogen-bond donors (Lipinski definition) is 0. The zero-order valence-electron chi connectivity index (χ0n) is 11.8. The molecule has 0 saturated heterocycles. The number of aromatic nitrogens is 2. The molecule has 2 rings (SSSR count). The topological polar surface area (TPSA) is 55.3 Å². The van der Waals surface area contributed by atoms with Gasteiger partial charge in [0.25, 0.3) is 5.91 Å². The summed E-state index contributed by atoms with van der Waals surface area (Å²) in [7, 11) is 0. The Balaban J connectivity index is 2.04. The third kappa shape index (κ3) is 3.93. The Morgan fingerprint density at radius 2 is 2.05 bits per heavy atom. The number of carbonyl (C=O) groups is 1. The lowest BCUT2D eigenvalue weighted by Gasteiger charge is -2.16. The lowest BCUT2D eigenvalue weighted by atomic mass is 10.2. The van der Waals surface area contributed by atoms with Gasteiger partial charge in [-0.05, 0) is 23.8 Å². The first kappa shape index (κ1) is 15.7. The molecular weight excluding hydrogens is 302 g/mol. The Morgan fingerprint density at radius 3 is 2.64 bits per heavy atom. The number of anilines is 1. The first-order valence-corrected chi connectivity index (χ1v) is 6.80. The summed E-state index contributed by atoms with van der Waals surface area (Å²) in [6, 6.07) is 8.92. The zero-order valence-corrected chi connectivity index (χ0v) is 12.5. The molecule has 1 amide bonds. The van der Waals surface area contributed by atoms with Crippen molar-refractivity contribution in [1.82, 2.24) is 10.2 Å². The standard InChI is InChI=1S/C16H14ClN3O2/c1-3-16(21)20(4-2)13-7-5-12(6-8-13)11-22-14-9-15(17)19-18-10-14/h3-10H,1-2,11H2. The second kappa shape index (κ2) is 7.38. The van der Waals surface area contributed by atoms with Crippen molar-refractivity contribution < 1.29 is 9.53 Å². The van der Waals surface area contributed by atoms with Gasteiger partial charge in [-0.15, -0.1) is 5.10 Å². The van der Waals surface area contributed by atoms with E-state index in [0.717, 1.165) is 5.56 Å². The molecule has 2 aromatic rings. The minimum Gasteiger partial charge on any atom is -0.487 e. The lowest BCUT2D eigenvalue weighted by molar-refractivity contribution is -0.113. The number of benzene rings is 1. The summed E-state index contributed by atoms with van der Waals surface area (Å²) in [4.78, 5) is 13.1. The van der Waals surface area contributed by atoms with E-state index in [0.29, 0.717) is 18.0 Å². The molecule has 1 aromatic carbocycles. The van der Waals surface area contributed by atoms with Crippen molar-refractivity contribution in [2.24, 2.45) is 0 Å². The highest BCUT2D eigenvalue weighted by atomic mass is 35.5. The van der Waals surface area contributed by atoms with Crippen molar-refractivity contribution >= 4 is 23.2 Å². The van der Waals surface area contributed by atoms with Gasteiger partial charge in [0.15, 0.2) is 5.15 Å². The zero-order chi connectivity index (χ0) is 15.9. The van der Waals surface area contributed by atoms with Crippen LogP contribution in [0, 0.1) is 0 Å². The first-order chi connectivity index (χ1) is 10.6. The molecule has 1 aromatic heterocycles. The highest BCUT2D eigenvalue weighted by Gasteiger charge is 2.08. The predicted octanol–water partition coefficient (Wildman–Crippen LogP) is 3.37. The Morgan fingerprint density at radius 1 is 1.32 bits per heavy atom. The predicted molar refractivity (Wildman–Crippen MR) is 85.7 cm³/mol. The van der Waals surface area contributed by atoms with E-state index in [1.54, 1.807) is 18.2 Å². The highest BCUT2D eigenvalue weighted by molar-refractivity contribution is 6.29. The van der Waals surface area contributed by atoms with Crippen LogP contribution in [0.1, 0.15) is 5.56 Å². The number of hydrogen-bond acceptors (Lipinski definition) is 4. The van der Waals surface area contributed by atoms with Gasteiger partial charge in [0.05, 0.1) is 6.20 Å². The van der Waals surface area contributed by atoms with E-state index in [2.05, 4.69) is 23.4 Å². The summed E-state index contributed by atoms with van der Waals surface area (Å²) in [6.45, 7) is 7.44. The summed E-state index contributed by atoms with van der Waals surface area (Å²) < 4.78 is 5.56. The normalized spacial score (nSPS) is 9.86. The van der Waals surface area contributed by atoms with Crippen molar-refractivity contribution in [3.05, 3.63) is 72.7 Å². The Bertz CT molecular complexity index is 686. The lowest BCUT2D eigenvalue weighted by Crippen LogP contribution is -2.22. The van der Waals surface area contributed by atoms with E-state index in [9.17, 15) is 4.79 Å². The van der Waals surface area contributed by atoms with Crippen LogP contribution in [0.3, 0.4) is 0 Å². The monoisotopic (exact) mass is 315 g/mol. The SMILES string of the molecule is C=CC(=O)N(C=C)c1ccc(COc2cnnc(Cl)c2)cc1. The van der Waals surface area contributed by atoms with Crippen LogP contribution in [0.15, 0.2) is 62.0 Å². The molecule has 0 fully saturated rings. The average Bonchev–Trinajstić information content (AvgIpc) is 2.54. The summed E-state index contributed by atoms with van der Waals surface area (Å²) in [5.41, 5.74) is 1.64. The molecule has 0 unspecified atom stereocenters. The van der Waals surface area contributed by atoms with Crippen molar-refractivity contribution in [3.8, 4) is 5.75 Å². The van der Waals surface area contributed by atoms with Crippen molar-refractivity contribution in [2.75, 3.05) is 4.90 Å². The fraction of sp³-hybridized carbons (Fsp3) is 0.0625. The highest BCUT2D eigenvalue weighted by Crippen LogP contribution is 2.18. The van der Waals surface area contributed by atoms with Gasteiger partial charge in [-0.1, -0.05) is 36.9 Å². The van der Waals surface area contributed by atoms with E-state index in [1.807, 2.05) is 12.1 Å².